The molecular weight excluding hydrogens is 458 g/mol. The molecule has 6 N–H and O–H groups in total. The Balaban J connectivity index is 0.000000339. The van der Waals surface area contributed by atoms with Gasteiger partial charge in [0.05, 0.1) is 12.8 Å². The van der Waals surface area contributed by atoms with Crippen LogP contribution < -0.4 is 22.6 Å². The summed E-state index contributed by atoms with van der Waals surface area (Å²) in [4.78, 5) is 5.04. The topological polar surface area (TPSA) is 97.7 Å². The lowest BCUT2D eigenvalue weighted by molar-refractivity contribution is -0.113. The summed E-state index contributed by atoms with van der Waals surface area (Å²) in [5.74, 6) is 14.6. The Hall–Kier alpha value is -0.690. The zero-order valence-electron chi connectivity index (χ0n) is 25.6. The van der Waals surface area contributed by atoms with E-state index in [1.54, 1.807) is 44.9 Å². The SMILES string of the molecule is C=NN.CCC(C)(C)CC1CCC2C3CCC4CCCCC4(C)C3CCC12C.CCC(C)ONCNN. The zero-order chi connectivity index (χ0) is 27.7. The molecule has 0 amide bonds. The minimum absolute atomic E-state index is 0.248. The van der Waals surface area contributed by atoms with E-state index in [1.165, 1.54) is 32.1 Å². The van der Waals surface area contributed by atoms with Gasteiger partial charge < -0.3 is 5.84 Å². The maximum Gasteiger partial charge on any atom is 0.0827 e. The minimum Gasteiger partial charge on any atom is -0.324 e. The summed E-state index contributed by atoms with van der Waals surface area (Å²) in [6, 6.07) is 0. The Labute approximate surface area is 229 Å². The summed E-state index contributed by atoms with van der Waals surface area (Å²) < 4.78 is 0. The highest BCUT2D eigenvalue weighted by molar-refractivity contribution is 5.21. The number of fused-ring (bicyclic) bond motifs is 5. The Kier molecular flexibility index (Phi) is 12.9. The number of nitrogens with two attached hydrogens (primary N) is 2. The van der Waals surface area contributed by atoms with Crippen molar-refractivity contribution in [3.63, 3.8) is 0 Å². The van der Waals surface area contributed by atoms with Crippen LogP contribution in [0, 0.1) is 45.8 Å². The van der Waals surface area contributed by atoms with Crippen LogP contribution in [0.3, 0.4) is 0 Å². The van der Waals surface area contributed by atoms with Gasteiger partial charge in [-0.2, -0.15) is 10.6 Å². The molecule has 8 unspecified atom stereocenters. The van der Waals surface area contributed by atoms with Gasteiger partial charge in [-0.1, -0.05) is 60.8 Å². The third-order valence-corrected chi connectivity index (χ3v) is 11.6. The van der Waals surface area contributed by atoms with E-state index in [-0.39, 0.29) is 6.10 Å². The largest absolute Gasteiger partial charge is 0.324 e. The molecular formula is C31H63N5O. The molecule has 0 saturated heterocycles. The van der Waals surface area contributed by atoms with Crippen LogP contribution in [-0.2, 0) is 4.84 Å². The summed E-state index contributed by atoms with van der Waals surface area (Å²) >= 11 is 0. The first kappa shape index (κ1) is 32.5. The third kappa shape index (κ3) is 7.93. The first-order valence-corrected chi connectivity index (χ1v) is 15.5. The molecule has 0 aromatic carbocycles. The molecule has 8 atom stereocenters. The van der Waals surface area contributed by atoms with Gasteiger partial charge in [0, 0.05) is 6.72 Å². The minimum atomic E-state index is 0.248. The van der Waals surface area contributed by atoms with E-state index in [2.05, 4.69) is 70.1 Å². The van der Waals surface area contributed by atoms with Gasteiger partial charge in [-0.15, -0.1) is 0 Å². The van der Waals surface area contributed by atoms with Crippen LogP contribution in [0.2, 0.25) is 0 Å². The fourth-order valence-electron chi connectivity index (χ4n) is 8.86. The van der Waals surface area contributed by atoms with Crippen molar-refractivity contribution in [3.8, 4) is 0 Å². The third-order valence-electron chi connectivity index (χ3n) is 11.6. The van der Waals surface area contributed by atoms with E-state index >= 15 is 0 Å². The molecule has 0 aromatic rings. The Bertz CT molecular complexity index is 672. The lowest BCUT2D eigenvalue weighted by Crippen LogP contribution is -2.52. The van der Waals surface area contributed by atoms with Gasteiger partial charge in [0.25, 0.3) is 0 Å². The molecule has 0 spiro atoms. The van der Waals surface area contributed by atoms with Crippen LogP contribution in [0.4, 0.5) is 0 Å². The number of hydrazine groups is 1. The molecule has 4 saturated carbocycles. The fourth-order valence-corrected chi connectivity index (χ4v) is 8.86. The van der Waals surface area contributed by atoms with Gasteiger partial charge in [-0.05, 0) is 117 Å². The number of hydrazone groups is 1. The lowest BCUT2D eigenvalue weighted by Gasteiger charge is -2.60. The second kappa shape index (κ2) is 14.6. The number of nitrogens with one attached hydrogen (secondary N) is 2. The average molecular weight is 522 g/mol. The van der Waals surface area contributed by atoms with E-state index in [9.17, 15) is 0 Å². The summed E-state index contributed by atoms with van der Waals surface area (Å²) in [5, 5.41) is 2.75. The molecule has 6 heteroatoms. The molecule has 0 aliphatic heterocycles. The van der Waals surface area contributed by atoms with Crippen molar-refractivity contribution in [2.24, 2.45) is 62.6 Å². The van der Waals surface area contributed by atoms with Crippen LogP contribution >= 0.6 is 0 Å². The van der Waals surface area contributed by atoms with Crippen LogP contribution in [0.5, 0.6) is 0 Å². The van der Waals surface area contributed by atoms with Gasteiger partial charge in [0.2, 0.25) is 0 Å². The molecule has 0 heterocycles. The molecule has 0 aromatic heterocycles. The Morgan fingerprint density at radius 1 is 1.00 bits per heavy atom. The highest BCUT2D eigenvalue weighted by atomic mass is 16.7. The van der Waals surface area contributed by atoms with Crippen molar-refractivity contribution in [1.29, 1.82) is 0 Å². The van der Waals surface area contributed by atoms with Gasteiger partial charge in [-0.25, -0.2) is 5.43 Å². The van der Waals surface area contributed by atoms with Crippen molar-refractivity contribution in [2.75, 3.05) is 6.67 Å². The van der Waals surface area contributed by atoms with Crippen LogP contribution in [0.25, 0.3) is 0 Å². The quantitative estimate of drug-likeness (QED) is 0.0894. The van der Waals surface area contributed by atoms with E-state index < -0.39 is 0 Å². The highest BCUT2D eigenvalue weighted by Gasteiger charge is 2.59. The second-order valence-electron chi connectivity index (χ2n) is 14.0. The first-order valence-electron chi connectivity index (χ1n) is 15.5. The summed E-state index contributed by atoms with van der Waals surface area (Å²) in [5.41, 5.74) is 6.99. The number of hydrogen-bond acceptors (Lipinski definition) is 6. The molecule has 6 nitrogen and oxygen atoms in total. The van der Waals surface area contributed by atoms with E-state index in [4.69, 9.17) is 10.7 Å². The molecule has 0 radical (unpaired) electrons. The van der Waals surface area contributed by atoms with Crippen molar-refractivity contribution in [3.05, 3.63) is 0 Å². The molecule has 37 heavy (non-hydrogen) atoms. The monoisotopic (exact) mass is 522 g/mol. The molecule has 4 fully saturated rings. The predicted molar refractivity (Wildman–Crippen MR) is 158 cm³/mol. The van der Waals surface area contributed by atoms with E-state index in [0.29, 0.717) is 22.9 Å². The van der Waals surface area contributed by atoms with Crippen molar-refractivity contribution in [1.82, 2.24) is 10.9 Å². The standard InChI is InChI=1S/C25H44.C5H15N3O.CH4N2/c1-6-23(2,3)17-19-11-13-21-20-12-10-18-9-7-8-15-24(18,4)22(20)14-16-25(19,21)5;1-3-5(2)9-8-4-7-6;1-3-2/h18-22H,6-17H2,1-5H3;5,7-8H,3-4,6H2,1-2H3;1-2H2. The summed E-state index contributed by atoms with van der Waals surface area (Å²) in [6.07, 6.45) is 19.6. The van der Waals surface area contributed by atoms with Gasteiger partial charge in [-0.3, -0.25) is 10.7 Å². The first-order chi connectivity index (χ1) is 17.5. The maximum atomic E-state index is 5.04. The number of nitrogens with zero attached hydrogens (tertiary/aromatic N) is 1. The lowest BCUT2D eigenvalue weighted by atomic mass is 9.44. The molecule has 0 bridgehead atoms. The van der Waals surface area contributed by atoms with Crippen molar-refractivity contribution >= 4 is 6.72 Å². The number of hydroxylamine groups is 1. The van der Waals surface area contributed by atoms with Gasteiger partial charge in [0.1, 0.15) is 0 Å². The van der Waals surface area contributed by atoms with Crippen LogP contribution in [0.15, 0.2) is 5.10 Å². The van der Waals surface area contributed by atoms with Crippen LogP contribution in [-0.4, -0.2) is 19.5 Å². The van der Waals surface area contributed by atoms with Gasteiger partial charge >= 0.3 is 0 Å². The van der Waals surface area contributed by atoms with Gasteiger partial charge in [0.15, 0.2) is 0 Å². The Morgan fingerprint density at radius 2 is 1.68 bits per heavy atom. The van der Waals surface area contributed by atoms with Crippen molar-refractivity contribution < 1.29 is 4.84 Å². The van der Waals surface area contributed by atoms with E-state index in [1.807, 2.05) is 6.92 Å². The molecule has 218 valence electrons. The maximum absolute atomic E-state index is 5.04. The molecule has 4 aliphatic carbocycles. The average Bonchev–Trinajstić information content (AvgIpc) is 3.20. The smallest absolute Gasteiger partial charge is 0.0827 e. The normalized spacial score (nSPS) is 37.5. The second-order valence-corrected chi connectivity index (χ2v) is 14.0. The van der Waals surface area contributed by atoms with Crippen molar-refractivity contribution in [2.45, 2.75) is 138 Å². The number of hydrogen-bond donors (Lipinski definition) is 4. The van der Waals surface area contributed by atoms with Crippen LogP contribution in [0.1, 0.15) is 132 Å². The van der Waals surface area contributed by atoms with E-state index in [0.717, 1.165) is 36.0 Å². The molecule has 4 rings (SSSR count). The number of rotatable bonds is 8. The predicted octanol–water partition coefficient (Wildman–Crippen LogP) is 7.15. The molecule has 4 aliphatic rings. The fraction of sp³-hybridized carbons (Fsp3) is 0.968. The highest BCUT2D eigenvalue weighted by Crippen LogP contribution is 2.68. The Morgan fingerprint density at radius 3 is 2.30 bits per heavy atom. The summed E-state index contributed by atoms with van der Waals surface area (Å²) in [7, 11) is 0. The summed E-state index contributed by atoms with van der Waals surface area (Å²) in [6.45, 7) is 20.3. The zero-order valence-corrected chi connectivity index (χ0v) is 25.6.